The Morgan fingerprint density at radius 1 is 1.21 bits per heavy atom. The van der Waals surface area contributed by atoms with E-state index >= 15 is 0 Å². The highest BCUT2D eigenvalue weighted by atomic mass is 16.3. The van der Waals surface area contributed by atoms with Crippen molar-refractivity contribution < 1.29 is 5.11 Å². The summed E-state index contributed by atoms with van der Waals surface area (Å²) >= 11 is 0. The highest BCUT2D eigenvalue weighted by Gasteiger charge is 2.31. The van der Waals surface area contributed by atoms with Crippen LogP contribution in [0.5, 0.6) is 0 Å². The van der Waals surface area contributed by atoms with Crippen LogP contribution < -0.4 is 5.32 Å². The molecule has 1 aliphatic carbocycles. The van der Waals surface area contributed by atoms with Crippen LogP contribution in [0.15, 0.2) is 24.3 Å². The van der Waals surface area contributed by atoms with Gasteiger partial charge < -0.3 is 10.4 Å². The number of aliphatic hydroxyl groups excluding tert-OH is 1. The van der Waals surface area contributed by atoms with E-state index in [9.17, 15) is 0 Å². The number of nitrogens with one attached hydrogen (secondary N) is 1. The first-order valence-electron chi connectivity index (χ1n) is 7.61. The van der Waals surface area contributed by atoms with Crippen molar-refractivity contribution in [1.29, 1.82) is 0 Å². The van der Waals surface area contributed by atoms with Crippen molar-refractivity contribution in [3.05, 3.63) is 35.4 Å². The smallest absolute Gasteiger partial charge is 0.0445 e. The number of benzene rings is 1. The molecule has 2 N–H and O–H groups in total. The Morgan fingerprint density at radius 2 is 1.89 bits per heavy atom. The number of aryl methyl sites for hydroxylation is 2. The largest absolute Gasteiger partial charge is 0.396 e. The van der Waals surface area contributed by atoms with E-state index in [1.54, 1.807) is 0 Å². The molecule has 106 valence electrons. The van der Waals surface area contributed by atoms with Crippen LogP contribution in [-0.2, 0) is 6.42 Å². The Kier molecular flexibility index (Phi) is 5.41. The maximum absolute atomic E-state index is 9.12. The van der Waals surface area contributed by atoms with Gasteiger partial charge >= 0.3 is 0 Å². The van der Waals surface area contributed by atoms with Crippen LogP contribution in [0.3, 0.4) is 0 Å². The van der Waals surface area contributed by atoms with Crippen molar-refractivity contribution in [2.45, 2.75) is 58.0 Å². The third-order valence-electron chi connectivity index (χ3n) is 4.12. The summed E-state index contributed by atoms with van der Waals surface area (Å²) in [6, 6.07) is 9.89. The SMILES string of the molecule is Cc1ccc(CCC(C)NC(CCO)C2CC2)cc1. The summed E-state index contributed by atoms with van der Waals surface area (Å²) in [7, 11) is 0. The first-order valence-corrected chi connectivity index (χ1v) is 7.61. The molecule has 2 rings (SSSR count). The molecule has 0 aliphatic heterocycles. The van der Waals surface area contributed by atoms with E-state index in [1.165, 1.54) is 24.0 Å². The topological polar surface area (TPSA) is 32.3 Å². The summed E-state index contributed by atoms with van der Waals surface area (Å²) in [5.41, 5.74) is 2.75. The van der Waals surface area contributed by atoms with Gasteiger partial charge in [0.25, 0.3) is 0 Å². The van der Waals surface area contributed by atoms with Crippen molar-refractivity contribution >= 4 is 0 Å². The Hall–Kier alpha value is -0.860. The number of hydrogen-bond donors (Lipinski definition) is 2. The van der Waals surface area contributed by atoms with E-state index < -0.39 is 0 Å². The maximum Gasteiger partial charge on any atom is 0.0445 e. The molecule has 1 fully saturated rings. The Bertz CT molecular complexity index is 369. The molecule has 1 saturated carbocycles. The minimum absolute atomic E-state index is 0.304. The first kappa shape index (κ1) is 14.5. The van der Waals surface area contributed by atoms with Crippen LogP contribution >= 0.6 is 0 Å². The predicted molar refractivity (Wildman–Crippen MR) is 80.3 cm³/mol. The monoisotopic (exact) mass is 261 g/mol. The summed E-state index contributed by atoms with van der Waals surface area (Å²) in [4.78, 5) is 0. The molecule has 0 saturated heterocycles. The average molecular weight is 261 g/mol. The summed E-state index contributed by atoms with van der Waals surface area (Å²) in [6.07, 6.45) is 5.87. The normalized spacial score (nSPS) is 18.3. The molecule has 2 nitrogen and oxygen atoms in total. The van der Waals surface area contributed by atoms with Crippen molar-refractivity contribution in [1.82, 2.24) is 5.32 Å². The lowest BCUT2D eigenvalue weighted by Crippen LogP contribution is -2.38. The molecule has 1 aromatic carbocycles. The van der Waals surface area contributed by atoms with E-state index in [0.29, 0.717) is 18.7 Å². The number of aliphatic hydroxyl groups is 1. The molecule has 2 heteroatoms. The van der Waals surface area contributed by atoms with Gasteiger partial charge in [-0.3, -0.25) is 0 Å². The standard InChI is InChI=1S/C17H27NO/c1-13-3-6-15(7-4-13)8-5-14(2)18-17(11-12-19)16-9-10-16/h3-4,6-7,14,16-19H,5,8-12H2,1-2H3. The highest BCUT2D eigenvalue weighted by molar-refractivity contribution is 5.21. The second-order valence-electron chi connectivity index (χ2n) is 6.05. The van der Waals surface area contributed by atoms with Gasteiger partial charge in [0.15, 0.2) is 0 Å². The summed E-state index contributed by atoms with van der Waals surface area (Å²) in [5, 5.41) is 12.8. The van der Waals surface area contributed by atoms with Gasteiger partial charge in [0.2, 0.25) is 0 Å². The van der Waals surface area contributed by atoms with Gasteiger partial charge in [0.1, 0.15) is 0 Å². The maximum atomic E-state index is 9.12. The molecule has 0 aromatic heterocycles. The van der Waals surface area contributed by atoms with E-state index in [2.05, 4.69) is 43.4 Å². The zero-order chi connectivity index (χ0) is 13.7. The Morgan fingerprint density at radius 3 is 2.47 bits per heavy atom. The molecular weight excluding hydrogens is 234 g/mol. The van der Waals surface area contributed by atoms with Crippen molar-refractivity contribution in [3.63, 3.8) is 0 Å². The van der Waals surface area contributed by atoms with E-state index in [4.69, 9.17) is 5.11 Å². The van der Waals surface area contributed by atoms with Gasteiger partial charge in [-0.15, -0.1) is 0 Å². The molecule has 0 heterocycles. The third kappa shape index (κ3) is 4.96. The lowest BCUT2D eigenvalue weighted by Gasteiger charge is -2.22. The van der Waals surface area contributed by atoms with Gasteiger partial charge in [-0.05, 0) is 57.4 Å². The molecular formula is C17H27NO. The van der Waals surface area contributed by atoms with Crippen LogP contribution in [0.1, 0.15) is 43.7 Å². The zero-order valence-corrected chi connectivity index (χ0v) is 12.2. The van der Waals surface area contributed by atoms with Crippen molar-refractivity contribution in [2.24, 2.45) is 5.92 Å². The molecule has 0 spiro atoms. The molecule has 1 aromatic rings. The molecule has 2 unspecified atom stereocenters. The second-order valence-corrected chi connectivity index (χ2v) is 6.05. The zero-order valence-electron chi connectivity index (χ0n) is 12.2. The first-order chi connectivity index (χ1) is 9.19. The van der Waals surface area contributed by atoms with Crippen LogP contribution in [0, 0.1) is 12.8 Å². The fourth-order valence-electron chi connectivity index (χ4n) is 2.68. The lowest BCUT2D eigenvalue weighted by molar-refractivity contribution is 0.248. The van der Waals surface area contributed by atoms with Gasteiger partial charge in [-0.2, -0.15) is 0 Å². The molecule has 0 radical (unpaired) electrons. The quantitative estimate of drug-likeness (QED) is 0.754. The van der Waals surface area contributed by atoms with Crippen molar-refractivity contribution in [3.8, 4) is 0 Å². The van der Waals surface area contributed by atoms with Gasteiger partial charge in [0, 0.05) is 18.7 Å². The summed E-state index contributed by atoms with van der Waals surface area (Å²) in [6.45, 7) is 4.70. The number of rotatable bonds is 8. The third-order valence-corrected chi connectivity index (χ3v) is 4.12. The van der Waals surface area contributed by atoms with Crippen molar-refractivity contribution in [2.75, 3.05) is 6.61 Å². The molecule has 0 bridgehead atoms. The fraction of sp³-hybridized carbons (Fsp3) is 0.647. The second kappa shape index (κ2) is 7.06. The van der Waals surface area contributed by atoms with E-state index in [1.807, 2.05) is 0 Å². The fourth-order valence-corrected chi connectivity index (χ4v) is 2.68. The minimum Gasteiger partial charge on any atom is -0.396 e. The molecule has 1 aliphatic rings. The summed E-state index contributed by atoms with van der Waals surface area (Å²) in [5.74, 6) is 0.814. The minimum atomic E-state index is 0.304. The van der Waals surface area contributed by atoms with E-state index in [-0.39, 0.29) is 0 Å². The van der Waals surface area contributed by atoms with Crippen LogP contribution in [0.4, 0.5) is 0 Å². The van der Waals surface area contributed by atoms with Crippen LogP contribution in [0.25, 0.3) is 0 Å². The average Bonchev–Trinajstić information content (AvgIpc) is 3.22. The Balaban J connectivity index is 1.73. The molecule has 2 atom stereocenters. The van der Waals surface area contributed by atoms with Gasteiger partial charge in [0.05, 0.1) is 0 Å². The highest BCUT2D eigenvalue weighted by Crippen LogP contribution is 2.34. The Labute approximate surface area is 117 Å². The predicted octanol–water partition coefficient (Wildman–Crippen LogP) is 3.07. The molecule has 19 heavy (non-hydrogen) atoms. The molecule has 0 amide bonds. The van der Waals surface area contributed by atoms with E-state index in [0.717, 1.165) is 25.2 Å². The van der Waals surface area contributed by atoms with Crippen LogP contribution in [-0.4, -0.2) is 23.8 Å². The van der Waals surface area contributed by atoms with Crippen LogP contribution in [0.2, 0.25) is 0 Å². The number of hydrogen-bond acceptors (Lipinski definition) is 2. The summed E-state index contributed by atoms with van der Waals surface area (Å²) < 4.78 is 0. The lowest BCUT2D eigenvalue weighted by atomic mass is 10.0. The van der Waals surface area contributed by atoms with Gasteiger partial charge in [-0.1, -0.05) is 29.8 Å². The van der Waals surface area contributed by atoms with Gasteiger partial charge in [-0.25, -0.2) is 0 Å².